The number of rotatable bonds is 6. The fourth-order valence-electron chi connectivity index (χ4n) is 2.90. The summed E-state index contributed by atoms with van der Waals surface area (Å²) in [6.07, 6.45) is -0.410. The molecule has 0 bridgehead atoms. The van der Waals surface area contributed by atoms with Gasteiger partial charge in [-0.2, -0.15) is 18.3 Å². The summed E-state index contributed by atoms with van der Waals surface area (Å²) in [7, 11) is 1.66. The van der Waals surface area contributed by atoms with E-state index in [0.717, 1.165) is 6.26 Å². The monoisotopic (exact) mass is 467 g/mol. The van der Waals surface area contributed by atoms with Crippen molar-refractivity contribution in [2.45, 2.75) is 6.18 Å². The standard InChI is InChI=1S/C18H16F3N7O3S/c1-27-7-11(14(26-27)28-4-5-32-17(28)30)24-15(29)12-8-31-16(25-12)10-2-3-22-13(6-10)23-9-18(19,20)21/h2-3,6-8H,4-5,9H2,1H3,(H,22,23)(H,24,29). The molecule has 2 N–H and O–H groups in total. The lowest BCUT2D eigenvalue weighted by Crippen LogP contribution is -2.24. The highest BCUT2D eigenvalue weighted by Crippen LogP contribution is 2.30. The molecule has 0 saturated carbocycles. The van der Waals surface area contributed by atoms with Gasteiger partial charge in [-0.05, 0) is 12.1 Å². The first-order valence-corrected chi connectivity index (χ1v) is 10.2. The maximum atomic E-state index is 12.7. The zero-order valence-corrected chi connectivity index (χ0v) is 17.3. The molecule has 168 valence electrons. The molecule has 0 radical (unpaired) electrons. The number of amides is 2. The van der Waals surface area contributed by atoms with Crippen molar-refractivity contribution in [1.29, 1.82) is 0 Å². The molecule has 1 aliphatic heterocycles. The van der Waals surface area contributed by atoms with Crippen LogP contribution < -0.4 is 15.5 Å². The largest absolute Gasteiger partial charge is 0.444 e. The highest BCUT2D eigenvalue weighted by atomic mass is 32.2. The first-order valence-electron chi connectivity index (χ1n) is 9.21. The SMILES string of the molecule is Cn1cc(NC(=O)c2coc(-c3ccnc(NCC(F)(F)F)c3)n2)c(N2CCSC2=O)n1. The Morgan fingerprint density at radius 2 is 2.19 bits per heavy atom. The van der Waals surface area contributed by atoms with Gasteiger partial charge >= 0.3 is 6.18 Å². The molecule has 0 aliphatic carbocycles. The lowest BCUT2D eigenvalue weighted by molar-refractivity contribution is -0.115. The number of nitrogens with one attached hydrogen (secondary N) is 2. The number of aromatic nitrogens is 4. The number of pyridine rings is 1. The Morgan fingerprint density at radius 3 is 2.91 bits per heavy atom. The molecule has 0 spiro atoms. The highest BCUT2D eigenvalue weighted by Gasteiger charge is 2.29. The Hall–Kier alpha value is -3.55. The predicted octanol–water partition coefficient (Wildman–Crippen LogP) is 3.37. The second kappa shape index (κ2) is 8.53. The molecule has 0 unspecified atom stereocenters. The van der Waals surface area contributed by atoms with Crippen molar-refractivity contribution in [2.75, 3.05) is 34.4 Å². The minimum absolute atomic E-state index is 0.0165. The third-order valence-electron chi connectivity index (χ3n) is 4.29. The number of nitrogens with zero attached hydrogens (tertiary/aromatic N) is 5. The predicted molar refractivity (Wildman–Crippen MR) is 111 cm³/mol. The molecular formula is C18H16F3N7O3S. The van der Waals surface area contributed by atoms with Crippen LogP contribution in [0.15, 0.2) is 35.2 Å². The summed E-state index contributed by atoms with van der Waals surface area (Å²) in [5.74, 6) is 0.371. The van der Waals surface area contributed by atoms with E-state index in [1.54, 1.807) is 13.2 Å². The van der Waals surface area contributed by atoms with Gasteiger partial charge in [-0.1, -0.05) is 11.8 Å². The lowest BCUT2D eigenvalue weighted by atomic mass is 10.2. The van der Waals surface area contributed by atoms with Crippen LogP contribution >= 0.6 is 11.8 Å². The van der Waals surface area contributed by atoms with E-state index in [1.165, 1.54) is 39.7 Å². The summed E-state index contributed by atoms with van der Waals surface area (Å²) in [5.41, 5.74) is 0.615. The molecule has 1 fully saturated rings. The van der Waals surface area contributed by atoms with Crippen molar-refractivity contribution < 1.29 is 27.2 Å². The molecule has 3 aromatic heterocycles. The summed E-state index contributed by atoms with van der Waals surface area (Å²) in [6, 6.07) is 2.82. The number of alkyl halides is 3. The molecule has 1 aliphatic rings. The Bertz CT molecular complexity index is 1160. The van der Waals surface area contributed by atoms with Crippen molar-refractivity contribution in [2.24, 2.45) is 7.05 Å². The normalized spacial score (nSPS) is 14.1. The Kier molecular flexibility index (Phi) is 5.78. The van der Waals surface area contributed by atoms with E-state index in [2.05, 4.69) is 25.7 Å². The van der Waals surface area contributed by atoms with Crippen molar-refractivity contribution >= 4 is 40.2 Å². The van der Waals surface area contributed by atoms with Crippen LogP contribution in [0, 0.1) is 0 Å². The molecule has 3 aromatic rings. The third kappa shape index (κ3) is 4.85. The molecule has 4 rings (SSSR count). The molecule has 10 nitrogen and oxygen atoms in total. The van der Waals surface area contributed by atoms with E-state index < -0.39 is 18.6 Å². The van der Waals surface area contributed by atoms with Crippen molar-refractivity contribution in [3.8, 4) is 11.5 Å². The summed E-state index contributed by atoms with van der Waals surface area (Å²) in [5, 5.41) is 8.91. The van der Waals surface area contributed by atoms with Gasteiger partial charge in [0.2, 0.25) is 5.89 Å². The van der Waals surface area contributed by atoms with E-state index in [9.17, 15) is 22.8 Å². The number of hydrogen-bond donors (Lipinski definition) is 2. The first kappa shape index (κ1) is 21.7. The van der Waals surface area contributed by atoms with Crippen LogP contribution in [0.25, 0.3) is 11.5 Å². The number of thioether (sulfide) groups is 1. The maximum absolute atomic E-state index is 12.7. The van der Waals surface area contributed by atoms with E-state index in [1.807, 2.05) is 0 Å². The highest BCUT2D eigenvalue weighted by molar-refractivity contribution is 8.14. The topological polar surface area (TPSA) is 118 Å². The maximum Gasteiger partial charge on any atom is 0.405 e. The molecular weight excluding hydrogens is 451 g/mol. The minimum atomic E-state index is -4.39. The van der Waals surface area contributed by atoms with E-state index in [4.69, 9.17) is 4.42 Å². The van der Waals surface area contributed by atoms with E-state index in [0.29, 0.717) is 29.4 Å². The van der Waals surface area contributed by atoms with E-state index >= 15 is 0 Å². The Labute approximate surface area is 183 Å². The van der Waals surface area contributed by atoms with Crippen LogP contribution in [-0.4, -0.2) is 55.9 Å². The number of carbonyl (C=O) groups excluding carboxylic acids is 2. The number of aryl methyl sites for hydroxylation is 1. The molecule has 4 heterocycles. The van der Waals surface area contributed by atoms with Gasteiger partial charge in [0, 0.05) is 31.1 Å². The Balaban J connectivity index is 1.49. The van der Waals surface area contributed by atoms with Crippen LogP contribution in [0.2, 0.25) is 0 Å². The molecule has 2 amide bonds. The molecule has 0 aromatic carbocycles. The molecule has 14 heteroatoms. The average Bonchev–Trinajstić information content (AvgIpc) is 3.46. The summed E-state index contributed by atoms with van der Waals surface area (Å²) >= 11 is 1.17. The molecule has 0 atom stereocenters. The van der Waals surface area contributed by atoms with Crippen LogP contribution in [-0.2, 0) is 7.05 Å². The second-order valence-electron chi connectivity index (χ2n) is 6.70. The number of halogens is 3. The summed E-state index contributed by atoms with van der Waals surface area (Å²) < 4.78 is 44.0. The Morgan fingerprint density at radius 1 is 1.38 bits per heavy atom. The smallest absolute Gasteiger partial charge is 0.405 e. The van der Waals surface area contributed by atoms with Gasteiger partial charge < -0.3 is 15.1 Å². The van der Waals surface area contributed by atoms with Gasteiger partial charge in [-0.3, -0.25) is 19.2 Å². The van der Waals surface area contributed by atoms with Crippen LogP contribution in [0.5, 0.6) is 0 Å². The quantitative estimate of drug-likeness (QED) is 0.567. The number of carbonyl (C=O) groups is 2. The second-order valence-corrected chi connectivity index (χ2v) is 7.74. The van der Waals surface area contributed by atoms with E-state index in [-0.39, 0.29) is 22.6 Å². The first-order chi connectivity index (χ1) is 15.2. The van der Waals surface area contributed by atoms with Crippen molar-refractivity contribution in [1.82, 2.24) is 19.7 Å². The zero-order valence-electron chi connectivity index (χ0n) is 16.5. The van der Waals surface area contributed by atoms with Crippen LogP contribution in [0.1, 0.15) is 10.5 Å². The lowest BCUT2D eigenvalue weighted by Gasteiger charge is -2.13. The molecule has 1 saturated heterocycles. The zero-order chi connectivity index (χ0) is 22.9. The van der Waals surface area contributed by atoms with Gasteiger partial charge in [-0.15, -0.1) is 0 Å². The summed E-state index contributed by atoms with van der Waals surface area (Å²) in [4.78, 5) is 34.1. The fourth-order valence-corrected chi connectivity index (χ4v) is 3.68. The molecule has 32 heavy (non-hydrogen) atoms. The minimum Gasteiger partial charge on any atom is -0.444 e. The number of oxazole rings is 1. The number of anilines is 3. The number of hydrogen-bond acceptors (Lipinski definition) is 8. The van der Waals surface area contributed by atoms with Gasteiger partial charge in [0.25, 0.3) is 11.1 Å². The fraction of sp³-hybridized carbons (Fsp3) is 0.278. The van der Waals surface area contributed by atoms with Crippen LogP contribution in [0.4, 0.5) is 35.3 Å². The average molecular weight is 467 g/mol. The van der Waals surface area contributed by atoms with Crippen molar-refractivity contribution in [3.63, 3.8) is 0 Å². The van der Waals surface area contributed by atoms with Crippen molar-refractivity contribution in [3.05, 3.63) is 36.5 Å². The summed E-state index contributed by atoms with van der Waals surface area (Å²) in [6.45, 7) is -0.765. The third-order valence-corrected chi connectivity index (χ3v) is 5.14. The van der Waals surface area contributed by atoms with Gasteiger partial charge in [-0.25, -0.2) is 9.97 Å². The van der Waals surface area contributed by atoms with Gasteiger partial charge in [0.1, 0.15) is 24.3 Å². The van der Waals surface area contributed by atoms with Crippen LogP contribution in [0.3, 0.4) is 0 Å². The van der Waals surface area contributed by atoms with Gasteiger partial charge in [0.05, 0.1) is 6.20 Å². The van der Waals surface area contributed by atoms with Gasteiger partial charge in [0.15, 0.2) is 11.5 Å².